The van der Waals surface area contributed by atoms with Crippen molar-refractivity contribution in [3.05, 3.63) is 0 Å². The summed E-state index contributed by atoms with van der Waals surface area (Å²) in [6.45, 7) is 9.40. The second-order valence-corrected chi connectivity index (χ2v) is 12.0. The fourth-order valence-corrected chi connectivity index (χ4v) is 5.46. The van der Waals surface area contributed by atoms with Gasteiger partial charge in [0.1, 0.15) is 0 Å². The summed E-state index contributed by atoms with van der Waals surface area (Å²) in [5, 5.41) is 0. The van der Waals surface area contributed by atoms with Crippen LogP contribution < -0.4 is 0 Å². The van der Waals surface area contributed by atoms with E-state index in [1.54, 1.807) is 0 Å². The molecule has 0 spiro atoms. The van der Waals surface area contributed by atoms with Crippen molar-refractivity contribution in [2.24, 2.45) is 0 Å². The predicted molar refractivity (Wildman–Crippen MR) is 33.8 cm³/mol. The molecule has 2 N–H and O–H groups in total. The Morgan fingerprint density at radius 1 is 0.875 bits per heavy atom. The van der Waals surface area contributed by atoms with Crippen LogP contribution in [0.2, 0.25) is 7.35 Å². The molecule has 0 aliphatic carbocycles. The number of hydrogen-bond acceptors (Lipinski definition) is 0. The SMILES string of the molecule is C[CH](C)[Hf][CH](C)C.O. The van der Waals surface area contributed by atoms with Crippen LogP contribution in [0.3, 0.4) is 0 Å². The van der Waals surface area contributed by atoms with Crippen LogP contribution in [0.4, 0.5) is 0 Å². The fourth-order valence-electron chi connectivity index (χ4n) is 0.667. The van der Waals surface area contributed by atoms with Crippen LogP contribution in [0.25, 0.3) is 0 Å². The van der Waals surface area contributed by atoms with Crippen molar-refractivity contribution in [1.29, 1.82) is 0 Å². The van der Waals surface area contributed by atoms with E-state index in [2.05, 4.69) is 27.7 Å². The van der Waals surface area contributed by atoms with E-state index in [1.165, 1.54) is 0 Å². The van der Waals surface area contributed by atoms with Crippen molar-refractivity contribution in [1.82, 2.24) is 0 Å². The molecule has 0 rings (SSSR count). The zero-order valence-corrected chi connectivity index (χ0v) is 9.75. The summed E-state index contributed by atoms with van der Waals surface area (Å²) in [6, 6.07) is 0. The number of hydrogen-bond donors (Lipinski definition) is 0. The molecule has 0 unspecified atom stereocenters. The molecule has 0 radical (unpaired) electrons. The molecule has 0 saturated carbocycles. The van der Waals surface area contributed by atoms with Crippen LogP contribution in [0.1, 0.15) is 27.7 Å². The van der Waals surface area contributed by atoms with E-state index in [1.807, 2.05) is 0 Å². The molecule has 0 atom stereocenters. The minimum Gasteiger partial charge on any atom is -0.412 e. The Labute approximate surface area is 63.5 Å². The zero-order valence-electron chi connectivity index (χ0n) is 6.15. The molecule has 0 amide bonds. The second-order valence-electron chi connectivity index (χ2n) is 2.48. The van der Waals surface area contributed by atoms with Gasteiger partial charge in [0.25, 0.3) is 0 Å². The van der Waals surface area contributed by atoms with Crippen molar-refractivity contribution in [3.8, 4) is 0 Å². The van der Waals surface area contributed by atoms with Crippen molar-refractivity contribution < 1.29 is 28.4 Å². The summed E-state index contributed by atoms with van der Waals surface area (Å²) in [5.74, 6) is 0. The van der Waals surface area contributed by atoms with E-state index < -0.39 is 0 Å². The Balaban J connectivity index is 0. The average molecular weight is 283 g/mol. The molecule has 0 aromatic rings. The van der Waals surface area contributed by atoms with E-state index in [-0.39, 0.29) is 28.4 Å². The maximum atomic E-state index is 2.35. The molecule has 0 bridgehead atoms. The quantitative estimate of drug-likeness (QED) is 0.693. The van der Waals surface area contributed by atoms with Crippen molar-refractivity contribution in [3.63, 3.8) is 0 Å². The molecule has 0 aliphatic heterocycles. The van der Waals surface area contributed by atoms with Gasteiger partial charge in [0, 0.05) is 0 Å². The first-order valence-electron chi connectivity index (χ1n) is 2.89. The molecule has 0 heterocycles. The summed E-state index contributed by atoms with van der Waals surface area (Å²) in [6.07, 6.45) is 0. The minimum absolute atomic E-state index is 0. The Hall–Kier alpha value is 0.830. The molecule has 0 aliphatic rings. The Morgan fingerprint density at radius 3 is 1.12 bits per heavy atom. The summed E-state index contributed by atoms with van der Waals surface area (Å²) in [4.78, 5) is 0. The zero-order chi connectivity index (χ0) is 5.86. The van der Waals surface area contributed by atoms with Gasteiger partial charge in [-0.3, -0.25) is 0 Å². The van der Waals surface area contributed by atoms with Gasteiger partial charge in [0.05, 0.1) is 0 Å². The van der Waals surface area contributed by atoms with E-state index in [0.29, 0.717) is 0 Å². The van der Waals surface area contributed by atoms with Crippen LogP contribution in [0.5, 0.6) is 0 Å². The van der Waals surface area contributed by atoms with Gasteiger partial charge in [-0.1, -0.05) is 0 Å². The van der Waals surface area contributed by atoms with Crippen molar-refractivity contribution in [2.75, 3.05) is 0 Å². The van der Waals surface area contributed by atoms with E-state index in [4.69, 9.17) is 0 Å². The average Bonchev–Trinajstić information content (AvgIpc) is 1.27. The maximum absolute atomic E-state index is 2.35. The second kappa shape index (κ2) is 5.96. The molecular formula is C6H16HfO. The van der Waals surface area contributed by atoms with E-state index >= 15 is 0 Å². The summed E-state index contributed by atoms with van der Waals surface area (Å²) >= 11 is -0.151. The standard InChI is InChI=1S/2C3H7.Hf.H2O/c2*1-3-2;;/h2*3H,1-2H3;;1H2. The third-order valence-corrected chi connectivity index (χ3v) is 5.46. The fraction of sp³-hybridized carbons (Fsp3) is 1.00. The summed E-state index contributed by atoms with van der Waals surface area (Å²) in [5.41, 5.74) is 0. The molecule has 8 heavy (non-hydrogen) atoms. The first-order valence-corrected chi connectivity index (χ1v) is 7.04. The predicted octanol–water partition coefficient (Wildman–Crippen LogP) is 1.90. The molecule has 0 aromatic carbocycles. The van der Waals surface area contributed by atoms with Gasteiger partial charge in [-0.2, -0.15) is 0 Å². The van der Waals surface area contributed by atoms with Crippen LogP contribution in [-0.2, 0) is 22.9 Å². The molecule has 2 heteroatoms. The first-order chi connectivity index (χ1) is 3.13. The molecule has 0 fully saturated rings. The molecule has 1 nitrogen and oxygen atoms in total. The van der Waals surface area contributed by atoms with Gasteiger partial charge in [-0.25, -0.2) is 0 Å². The largest absolute Gasteiger partial charge is 0.412 e. The number of rotatable bonds is 2. The van der Waals surface area contributed by atoms with Gasteiger partial charge in [-0.05, 0) is 0 Å². The topological polar surface area (TPSA) is 31.5 Å². The monoisotopic (exact) mass is 284 g/mol. The molecule has 0 saturated heterocycles. The Bertz CT molecular complexity index is 37.8. The smallest absolute Gasteiger partial charge is 0.412 e. The molecule has 50 valence electrons. The van der Waals surface area contributed by atoms with Crippen molar-refractivity contribution in [2.45, 2.75) is 35.0 Å². The van der Waals surface area contributed by atoms with Crippen LogP contribution in [-0.4, -0.2) is 5.48 Å². The van der Waals surface area contributed by atoms with Gasteiger partial charge >= 0.3 is 58.0 Å². The molecular weight excluding hydrogens is 267 g/mol. The Kier molecular flexibility index (Phi) is 8.64. The van der Waals surface area contributed by atoms with Crippen LogP contribution >= 0.6 is 0 Å². The van der Waals surface area contributed by atoms with E-state index in [9.17, 15) is 0 Å². The van der Waals surface area contributed by atoms with Crippen LogP contribution in [0.15, 0.2) is 0 Å². The molecule has 0 aromatic heterocycles. The van der Waals surface area contributed by atoms with Gasteiger partial charge in [0.2, 0.25) is 0 Å². The van der Waals surface area contributed by atoms with Crippen LogP contribution in [0, 0.1) is 0 Å². The summed E-state index contributed by atoms with van der Waals surface area (Å²) in [7, 11) is 0. The maximum Gasteiger partial charge on any atom is -0.412 e. The van der Waals surface area contributed by atoms with Crippen molar-refractivity contribution >= 4 is 0 Å². The van der Waals surface area contributed by atoms with Gasteiger partial charge in [-0.15, -0.1) is 0 Å². The normalized spacial score (nSPS) is 9.25. The van der Waals surface area contributed by atoms with E-state index in [0.717, 1.165) is 7.35 Å². The summed E-state index contributed by atoms with van der Waals surface area (Å²) < 4.78 is 2.14. The van der Waals surface area contributed by atoms with Gasteiger partial charge in [0.15, 0.2) is 0 Å². The third-order valence-electron chi connectivity index (χ3n) is 0.667. The third kappa shape index (κ3) is 9.95. The van der Waals surface area contributed by atoms with Gasteiger partial charge < -0.3 is 5.48 Å². The Morgan fingerprint density at radius 2 is 1.12 bits per heavy atom. The minimum atomic E-state index is -0.151. The first kappa shape index (κ1) is 11.6.